The molecular formula is C32H23F2N3O6S. The van der Waals surface area contributed by atoms with Crippen molar-refractivity contribution in [1.29, 1.82) is 0 Å². The second-order valence-electron chi connectivity index (χ2n) is 10.9. The molecule has 0 spiro atoms. The van der Waals surface area contributed by atoms with Crippen LogP contribution in [0.25, 0.3) is 21.6 Å². The third kappa shape index (κ3) is 3.80. The minimum Gasteiger partial charge on any atom is -0.444 e. The highest BCUT2D eigenvalue weighted by Gasteiger charge is 2.47. The van der Waals surface area contributed by atoms with E-state index in [1.807, 2.05) is 34.7 Å². The lowest BCUT2D eigenvalue weighted by Crippen LogP contribution is -2.66. The number of fused-ring (bicyclic) bond motifs is 7. The summed E-state index contributed by atoms with van der Waals surface area (Å²) in [5.74, 6) is -3.30. The van der Waals surface area contributed by atoms with E-state index in [2.05, 4.69) is 0 Å². The normalized spacial score (nSPS) is 21.8. The molecule has 222 valence electrons. The number of ether oxygens (including phenoxy) is 3. The molecule has 9 nitrogen and oxygen atoms in total. The molecule has 0 bridgehead atoms. The largest absolute Gasteiger partial charge is 0.444 e. The van der Waals surface area contributed by atoms with Gasteiger partial charge in [-0.1, -0.05) is 30.3 Å². The van der Waals surface area contributed by atoms with Crippen molar-refractivity contribution in [2.24, 2.45) is 0 Å². The number of halogens is 2. The first kappa shape index (κ1) is 26.8. The van der Waals surface area contributed by atoms with E-state index in [4.69, 9.17) is 14.2 Å². The third-order valence-corrected chi connectivity index (χ3v) is 9.39. The molecule has 0 N–H and O–H groups in total. The van der Waals surface area contributed by atoms with Gasteiger partial charge in [-0.25, -0.2) is 13.6 Å². The van der Waals surface area contributed by atoms with Gasteiger partial charge in [-0.05, 0) is 41.1 Å². The number of carbonyl (C=O) groups excluding carboxylic acids is 2. The number of aromatic nitrogens is 1. The van der Waals surface area contributed by atoms with E-state index < -0.39 is 47.4 Å². The number of hydrogen-bond acceptors (Lipinski definition) is 8. The molecule has 2 aromatic heterocycles. The van der Waals surface area contributed by atoms with Crippen molar-refractivity contribution in [2.45, 2.75) is 25.4 Å². The fraction of sp³-hybridized carbons (Fsp3) is 0.219. The Balaban J connectivity index is 1.40. The van der Waals surface area contributed by atoms with E-state index in [1.54, 1.807) is 24.0 Å². The highest BCUT2D eigenvalue weighted by Crippen LogP contribution is 2.51. The Bertz CT molecular complexity index is 1990. The first-order valence-corrected chi connectivity index (χ1v) is 14.9. The SMILES string of the molecule is CC1=CC(Oc2c3n(ccc2=O)N(C2c4ccccc4-c4sccc4-c4c2ccc(F)c4F)C2COCCN2C3=O)OC1=O. The lowest BCUT2D eigenvalue weighted by Gasteiger charge is -2.51. The number of cyclic esters (lactones) is 1. The first-order chi connectivity index (χ1) is 21.3. The minimum absolute atomic E-state index is 0.0784. The second kappa shape index (κ2) is 9.86. The van der Waals surface area contributed by atoms with Crippen LogP contribution < -0.4 is 15.2 Å². The molecule has 1 amide bonds. The van der Waals surface area contributed by atoms with E-state index in [1.165, 1.54) is 34.4 Å². The van der Waals surface area contributed by atoms with Crippen LogP contribution >= 0.6 is 11.3 Å². The van der Waals surface area contributed by atoms with Gasteiger partial charge >= 0.3 is 5.97 Å². The van der Waals surface area contributed by atoms with E-state index >= 15 is 4.39 Å². The van der Waals surface area contributed by atoms with Gasteiger partial charge in [0.25, 0.3) is 12.2 Å². The Kier molecular flexibility index (Phi) is 6.00. The number of esters is 1. The quantitative estimate of drug-likeness (QED) is 0.312. The Hall–Kier alpha value is -4.81. The number of amides is 1. The molecular weight excluding hydrogens is 592 g/mol. The molecule has 3 atom stereocenters. The van der Waals surface area contributed by atoms with Crippen LogP contribution in [0.15, 0.2) is 76.6 Å². The summed E-state index contributed by atoms with van der Waals surface area (Å²) in [6.45, 7) is 2.16. The molecule has 44 heavy (non-hydrogen) atoms. The van der Waals surface area contributed by atoms with Gasteiger partial charge in [0.15, 0.2) is 17.3 Å². The highest BCUT2D eigenvalue weighted by molar-refractivity contribution is 7.14. The smallest absolute Gasteiger partial charge is 0.336 e. The van der Waals surface area contributed by atoms with Crippen LogP contribution in [0.5, 0.6) is 5.75 Å². The van der Waals surface area contributed by atoms with Crippen molar-refractivity contribution in [3.8, 4) is 27.3 Å². The van der Waals surface area contributed by atoms with Crippen LogP contribution in [-0.4, -0.2) is 53.7 Å². The zero-order valence-electron chi connectivity index (χ0n) is 23.2. The summed E-state index contributed by atoms with van der Waals surface area (Å²) in [6.07, 6.45) is 1.03. The molecule has 4 aliphatic rings. The molecule has 3 aliphatic heterocycles. The van der Waals surface area contributed by atoms with Gasteiger partial charge in [-0.15, -0.1) is 11.3 Å². The molecule has 0 radical (unpaired) electrons. The van der Waals surface area contributed by atoms with Crippen molar-refractivity contribution >= 4 is 23.2 Å². The minimum atomic E-state index is -1.20. The van der Waals surface area contributed by atoms with Gasteiger partial charge < -0.3 is 19.1 Å². The fourth-order valence-electron chi connectivity index (χ4n) is 6.49. The van der Waals surface area contributed by atoms with Crippen LogP contribution in [0.2, 0.25) is 0 Å². The average molecular weight is 616 g/mol. The summed E-state index contributed by atoms with van der Waals surface area (Å²) in [5, 5.41) is 3.71. The topological polar surface area (TPSA) is 90.3 Å². The molecule has 1 aliphatic carbocycles. The molecule has 4 aromatic rings. The fourth-order valence-corrected chi connectivity index (χ4v) is 7.44. The molecule has 2 aromatic carbocycles. The molecule has 12 heteroatoms. The average Bonchev–Trinajstić information content (AvgIpc) is 3.60. The van der Waals surface area contributed by atoms with Gasteiger partial charge in [0, 0.05) is 46.5 Å². The summed E-state index contributed by atoms with van der Waals surface area (Å²) in [5.41, 5.74) is 2.44. The van der Waals surface area contributed by atoms with Gasteiger partial charge in [0.2, 0.25) is 11.2 Å². The molecule has 1 fully saturated rings. The summed E-state index contributed by atoms with van der Waals surface area (Å²) in [7, 11) is 0. The summed E-state index contributed by atoms with van der Waals surface area (Å²) >= 11 is 1.43. The van der Waals surface area contributed by atoms with Crippen LogP contribution in [0.1, 0.15) is 34.6 Å². The maximum absolute atomic E-state index is 15.9. The molecule has 0 saturated carbocycles. The van der Waals surface area contributed by atoms with Crippen molar-refractivity contribution < 1.29 is 32.6 Å². The summed E-state index contributed by atoms with van der Waals surface area (Å²) in [6, 6.07) is 12.6. The van der Waals surface area contributed by atoms with Crippen molar-refractivity contribution in [2.75, 3.05) is 24.8 Å². The zero-order chi connectivity index (χ0) is 30.3. The lowest BCUT2D eigenvalue weighted by atomic mass is 9.92. The molecule has 8 rings (SSSR count). The predicted molar refractivity (Wildman–Crippen MR) is 156 cm³/mol. The first-order valence-electron chi connectivity index (χ1n) is 14.0. The number of hydrogen-bond donors (Lipinski definition) is 0. The summed E-state index contributed by atoms with van der Waals surface area (Å²) in [4.78, 5) is 41.8. The van der Waals surface area contributed by atoms with E-state index in [-0.39, 0.29) is 36.8 Å². The third-order valence-electron chi connectivity index (χ3n) is 8.44. The Morgan fingerprint density at radius 3 is 2.66 bits per heavy atom. The van der Waals surface area contributed by atoms with Crippen LogP contribution in [0.3, 0.4) is 0 Å². The van der Waals surface area contributed by atoms with E-state index in [0.29, 0.717) is 16.7 Å². The van der Waals surface area contributed by atoms with E-state index in [9.17, 15) is 18.8 Å². The van der Waals surface area contributed by atoms with E-state index in [0.717, 1.165) is 22.1 Å². The van der Waals surface area contributed by atoms with Gasteiger partial charge in [0.05, 0.1) is 19.3 Å². The molecule has 3 unspecified atom stereocenters. The standard InChI is InChI=1S/C32H23F2N3O6S/c1-16-14-24(43-32(16)40)42-29-22(38)8-10-36-28(29)31(39)35-11-12-41-15-23(35)37(36)27-17-4-2-3-5-18(17)30-20(9-13-44-30)25-19(27)6-7-21(33)26(25)34/h2-10,13-14,23-24,27H,11-12,15H2,1H3. The number of thiophene rings is 1. The zero-order valence-corrected chi connectivity index (χ0v) is 24.0. The van der Waals surface area contributed by atoms with Gasteiger partial charge in [-0.2, -0.15) is 0 Å². The van der Waals surface area contributed by atoms with Gasteiger partial charge in [0.1, 0.15) is 6.17 Å². The lowest BCUT2D eigenvalue weighted by molar-refractivity contribution is -0.148. The van der Waals surface area contributed by atoms with Crippen molar-refractivity contribution in [3.63, 3.8) is 0 Å². The number of morpholine rings is 1. The van der Waals surface area contributed by atoms with Crippen LogP contribution in [0.4, 0.5) is 8.78 Å². The van der Waals surface area contributed by atoms with Crippen LogP contribution in [-0.2, 0) is 14.3 Å². The molecule has 1 saturated heterocycles. The van der Waals surface area contributed by atoms with Crippen LogP contribution in [0, 0.1) is 11.6 Å². The Labute approximate surface area is 253 Å². The number of rotatable bonds is 3. The van der Waals surface area contributed by atoms with Crippen molar-refractivity contribution in [3.05, 3.63) is 110 Å². The Morgan fingerprint density at radius 2 is 1.84 bits per heavy atom. The second-order valence-corrected chi connectivity index (χ2v) is 11.8. The maximum Gasteiger partial charge on any atom is 0.336 e. The summed E-state index contributed by atoms with van der Waals surface area (Å²) < 4.78 is 49.3. The number of nitrogens with zero attached hydrogens (tertiary/aromatic N) is 3. The number of carbonyl (C=O) groups is 2. The number of pyridine rings is 1. The Morgan fingerprint density at radius 1 is 1.00 bits per heavy atom. The van der Waals surface area contributed by atoms with Crippen molar-refractivity contribution in [1.82, 2.24) is 9.58 Å². The molecule has 5 heterocycles. The number of benzene rings is 2. The highest BCUT2D eigenvalue weighted by atomic mass is 32.1. The maximum atomic E-state index is 15.9. The van der Waals surface area contributed by atoms with Gasteiger partial charge in [-0.3, -0.25) is 19.3 Å². The monoisotopic (exact) mass is 615 g/mol. The predicted octanol–water partition coefficient (Wildman–Crippen LogP) is 4.58.